The van der Waals surface area contributed by atoms with Gasteiger partial charge in [0.25, 0.3) is 11.6 Å². The molecule has 0 aliphatic carbocycles. The summed E-state index contributed by atoms with van der Waals surface area (Å²) in [5.41, 5.74) is 0.764. The van der Waals surface area contributed by atoms with Gasteiger partial charge < -0.3 is 24.8 Å². The van der Waals surface area contributed by atoms with Crippen LogP contribution < -0.4 is 24.8 Å². The summed E-state index contributed by atoms with van der Waals surface area (Å²) in [6.45, 7) is 1.44. The summed E-state index contributed by atoms with van der Waals surface area (Å²) in [5.74, 6) is 1.06. The molecular weight excluding hydrogens is 354 g/mol. The summed E-state index contributed by atoms with van der Waals surface area (Å²) in [5, 5.41) is 16.7. The number of amides is 1. The molecule has 1 aliphatic rings. The highest BCUT2D eigenvalue weighted by molar-refractivity contribution is 5.95. The molecule has 1 amide bonds. The smallest absolute Gasteiger partial charge is 0.292 e. The molecule has 0 atom stereocenters. The van der Waals surface area contributed by atoms with E-state index in [1.165, 1.54) is 13.2 Å². The lowest BCUT2D eigenvalue weighted by molar-refractivity contribution is -0.384. The van der Waals surface area contributed by atoms with E-state index in [0.717, 1.165) is 0 Å². The monoisotopic (exact) mass is 373 g/mol. The molecule has 0 saturated heterocycles. The summed E-state index contributed by atoms with van der Waals surface area (Å²) < 4.78 is 16.3. The predicted octanol–water partition coefficient (Wildman–Crippen LogP) is 2.22. The average Bonchev–Trinajstić information content (AvgIpc) is 2.70. The Bertz CT molecular complexity index is 838. The Morgan fingerprint density at radius 2 is 2.00 bits per heavy atom. The van der Waals surface area contributed by atoms with Gasteiger partial charge in [-0.05, 0) is 18.2 Å². The molecule has 0 spiro atoms. The molecule has 0 bridgehead atoms. The fourth-order valence-corrected chi connectivity index (χ4v) is 2.66. The molecule has 0 fully saturated rings. The van der Waals surface area contributed by atoms with Gasteiger partial charge in [0.2, 0.25) is 5.75 Å². The van der Waals surface area contributed by atoms with Crippen molar-refractivity contribution >= 4 is 17.3 Å². The first-order valence-corrected chi connectivity index (χ1v) is 8.33. The third kappa shape index (κ3) is 4.20. The number of benzene rings is 2. The number of carbonyl (C=O) groups excluding carboxylic acids is 1. The molecule has 3 rings (SSSR count). The van der Waals surface area contributed by atoms with E-state index in [1.54, 1.807) is 30.3 Å². The van der Waals surface area contributed by atoms with E-state index in [0.29, 0.717) is 48.3 Å². The number of anilines is 1. The molecule has 1 heterocycles. The Hall–Kier alpha value is -3.49. The molecule has 2 N–H and O–H groups in total. The molecule has 142 valence electrons. The number of fused-ring (bicyclic) bond motifs is 1. The largest absolute Gasteiger partial charge is 0.493 e. The van der Waals surface area contributed by atoms with E-state index >= 15 is 0 Å². The van der Waals surface area contributed by atoms with Crippen LogP contribution in [-0.2, 0) is 0 Å². The van der Waals surface area contributed by atoms with Crippen molar-refractivity contribution < 1.29 is 23.9 Å². The van der Waals surface area contributed by atoms with Crippen molar-refractivity contribution in [2.24, 2.45) is 0 Å². The maximum Gasteiger partial charge on any atom is 0.292 e. The topological polar surface area (TPSA) is 112 Å². The third-order valence-corrected chi connectivity index (χ3v) is 3.92. The minimum atomic E-state index is -0.456. The lowest BCUT2D eigenvalue weighted by Gasteiger charge is -2.21. The van der Waals surface area contributed by atoms with Crippen molar-refractivity contribution in [1.82, 2.24) is 5.32 Å². The van der Waals surface area contributed by atoms with E-state index in [-0.39, 0.29) is 18.1 Å². The summed E-state index contributed by atoms with van der Waals surface area (Å²) in [4.78, 5) is 22.9. The zero-order valence-electron chi connectivity index (χ0n) is 14.7. The average molecular weight is 373 g/mol. The van der Waals surface area contributed by atoms with Crippen LogP contribution in [0.15, 0.2) is 36.4 Å². The zero-order chi connectivity index (χ0) is 19.2. The van der Waals surface area contributed by atoms with Gasteiger partial charge in [0, 0.05) is 24.7 Å². The van der Waals surface area contributed by atoms with Crippen molar-refractivity contribution in [1.29, 1.82) is 0 Å². The van der Waals surface area contributed by atoms with Crippen molar-refractivity contribution in [3.05, 3.63) is 52.1 Å². The first-order valence-electron chi connectivity index (χ1n) is 8.33. The van der Waals surface area contributed by atoms with Gasteiger partial charge in [-0.2, -0.15) is 0 Å². The molecular formula is C18H19N3O6. The van der Waals surface area contributed by atoms with E-state index in [9.17, 15) is 14.9 Å². The van der Waals surface area contributed by atoms with Gasteiger partial charge in [-0.1, -0.05) is 12.1 Å². The van der Waals surface area contributed by atoms with Crippen LogP contribution in [0.2, 0.25) is 0 Å². The summed E-state index contributed by atoms with van der Waals surface area (Å²) in [6, 6.07) is 9.52. The molecule has 9 heteroatoms. The number of nitrogens with one attached hydrogen (secondary N) is 2. The molecule has 0 radical (unpaired) electrons. The Labute approximate surface area is 155 Å². The molecule has 0 unspecified atom stereocenters. The first kappa shape index (κ1) is 18.3. The normalized spacial score (nSPS) is 12.2. The van der Waals surface area contributed by atoms with Crippen LogP contribution in [0.5, 0.6) is 17.2 Å². The Balaban J connectivity index is 1.59. The van der Waals surface area contributed by atoms with Crippen LogP contribution in [-0.4, -0.2) is 44.2 Å². The van der Waals surface area contributed by atoms with E-state index < -0.39 is 4.92 Å². The predicted molar refractivity (Wildman–Crippen MR) is 97.9 cm³/mol. The van der Waals surface area contributed by atoms with Crippen LogP contribution in [0.25, 0.3) is 0 Å². The number of rotatable bonds is 7. The van der Waals surface area contributed by atoms with Crippen LogP contribution in [0.3, 0.4) is 0 Å². The number of nitro benzene ring substituents is 1. The number of nitro groups is 1. The van der Waals surface area contributed by atoms with Gasteiger partial charge >= 0.3 is 0 Å². The van der Waals surface area contributed by atoms with Crippen molar-refractivity contribution in [2.75, 3.05) is 38.7 Å². The summed E-state index contributed by atoms with van der Waals surface area (Å²) in [6.07, 6.45) is 0. The molecule has 27 heavy (non-hydrogen) atoms. The quantitative estimate of drug-likeness (QED) is 0.435. The van der Waals surface area contributed by atoms with Crippen molar-refractivity contribution in [2.45, 2.75) is 0 Å². The Morgan fingerprint density at radius 3 is 2.78 bits per heavy atom. The number of nitrogens with zero attached hydrogens (tertiary/aromatic N) is 1. The Morgan fingerprint density at radius 1 is 1.22 bits per heavy atom. The molecule has 0 aromatic heterocycles. The standard InChI is InChI=1S/C18H19N3O6/c1-25-15-10-12(11-16-17(15)27-9-8-26-16)18(22)20-7-6-19-13-4-2-3-5-14(13)21(23)24/h2-5,10-11,19H,6-9H2,1H3,(H,20,22). The van der Waals surface area contributed by atoms with Crippen LogP contribution in [0.4, 0.5) is 11.4 Å². The van der Waals surface area contributed by atoms with Crippen molar-refractivity contribution in [3.63, 3.8) is 0 Å². The number of methoxy groups -OCH3 is 1. The van der Waals surface area contributed by atoms with E-state index in [4.69, 9.17) is 14.2 Å². The van der Waals surface area contributed by atoms with Crippen LogP contribution in [0, 0.1) is 10.1 Å². The van der Waals surface area contributed by atoms with Gasteiger partial charge in [-0.3, -0.25) is 14.9 Å². The fraction of sp³-hybridized carbons (Fsp3) is 0.278. The molecule has 2 aromatic carbocycles. The number of ether oxygens (including phenoxy) is 3. The number of para-hydroxylation sites is 2. The molecule has 9 nitrogen and oxygen atoms in total. The minimum absolute atomic E-state index is 0.0135. The highest BCUT2D eigenvalue weighted by atomic mass is 16.6. The zero-order valence-corrected chi connectivity index (χ0v) is 14.7. The second kappa shape index (κ2) is 8.26. The van der Waals surface area contributed by atoms with Gasteiger partial charge in [0.1, 0.15) is 18.9 Å². The first-order chi connectivity index (χ1) is 13.1. The third-order valence-electron chi connectivity index (χ3n) is 3.92. The van der Waals surface area contributed by atoms with E-state index in [2.05, 4.69) is 10.6 Å². The van der Waals surface area contributed by atoms with Gasteiger partial charge in [0.15, 0.2) is 11.5 Å². The highest BCUT2D eigenvalue weighted by Gasteiger charge is 2.20. The number of hydrogen-bond donors (Lipinski definition) is 2. The number of hydrogen-bond acceptors (Lipinski definition) is 7. The molecule has 1 aliphatic heterocycles. The van der Waals surface area contributed by atoms with Gasteiger partial charge in [-0.25, -0.2) is 0 Å². The summed E-state index contributed by atoms with van der Waals surface area (Å²) in [7, 11) is 1.49. The van der Waals surface area contributed by atoms with Gasteiger partial charge in [0.05, 0.1) is 12.0 Å². The second-order valence-electron chi connectivity index (χ2n) is 5.66. The highest BCUT2D eigenvalue weighted by Crippen LogP contribution is 2.40. The summed E-state index contributed by atoms with van der Waals surface area (Å²) >= 11 is 0. The van der Waals surface area contributed by atoms with Crippen LogP contribution >= 0.6 is 0 Å². The SMILES string of the molecule is COc1cc(C(=O)NCCNc2ccccc2[N+](=O)[O-])cc2c1OCCO2. The maximum atomic E-state index is 12.4. The minimum Gasteiger partial charge on any atom is -0.493 e. The van der Waals surface area contributed by atoms with Crippen LogP contribution in [0.1, 0.15) is 10.4 Å². The second-order valence-corrected chi connectivity index (χ2v) is 5.66. The molecule has 2 aromatic rings. The van der Waals surface area contributed by atoms with Gasteiger partial charge in [-0.15, -0.1) is 0 Å². The lowest BCUT2D eigenvalue weighted by Crippen LogP contribution is -2.29. The van der Waals surface area contributed by atoms with Crippen molar-refractivity contribution in [3.8, 4) is 17.2 Å². The fourth-order valence-electron chi connectivity index (χ4n) is 2.66. The molecule has 0 saturated carbocycles. The Kier molecular flexibility index (Phi) is 5.60. The lowest BCUT2D eigenvalue weighted by atomic mass is 10.1. The maximum absolute atomic E-state index is 12.4. The van der Waals surface area contributed by atoms with E-state index in [1.807, 2.05) is 0 Å². The number of carbonyl (C=O) groups is 1.